The first-order chi connectivity index (χ1) is 10.7. The van der Waals surface area contributed by atoms with Crippen molar-refractivity contribution in [2.75, 3.05) is 5.43 Å². The number of anilines is 1. The van der Waals surface area contributed by atoms with Gasteiger partial charge in [0.2, 0.25) is 5.69 Å². The van der Waals surface area contributed by atoms with Crippen molar-refractivity contribution >= 4 is 33.8 Å². The van der Waals surface area contributed by atoms with Gasteiger partial charge in [-0.2, -0.15) is 18.3 Å². The van der Waals surface area contributed by atoms with E-state index in [0.29, 0.717) is 0 Å². The third kappa shape index (κ3) is 4.54. The van der Waals surface area contributed by atoms with Crippen LogP contribution in [0.2, 0.25) is 0 Å². The molecule has 0 saturated carbocycles. The zero-order chi connectivity index (χ0) is 18.9. The number of nitrogens with one attached hydrogen (secondary N) is 1. The molecule has 12 heteroatoms. The predicted molar refractivity (Wildman–Crippen MR) is 81.1 cm³/mol. The minimum absolute atomic E-state index is 0.0778. The van der Waals surface area contributed by atoms with E-state index < -0.39 is 44.1 Å². The van der Waals surface area contributed by atoms with Gasteiger partial charge in [-0.3, -0.25) is 25.7 Å². The van der Waals surface area contributed by atoms with Crippen LogP contribution >= 0.6 is 11.6 Å². The van der Waals surface area contributed by atoms with Crippen molar-refractivity contribution in [1.82, 2.24) is 0 Å². The van der Waals surface area contributed by atoms with Crippen LogP contribution in [0.4, 0.5) is 30.2 Å². The fraction of sp³-hybridized carbons (Fsp3) is 0.417. The van der Waals surface area contributed by atoms with E-state index in [9.17, 15) is 33.4 Å². The second-order valence-electron chi connectivity index (χ2n) is 5.67. The van der Waals surface area contributed by atoms with Crippen molar-refractivity contribution in [2.45, 2.75) is 26.9 Å². The first-order valence-electron chi connectivity index (χ1n) is 6.29. The van der Waals surface area contributed by atoms with Crippen LogP contribution in [0, 0.1) is 25.6 Å². The molecule has 0 aliphatic carbocycles. The van der Waals surface area contributed by atoms with E-state index in [1.54, 1.807) is 20.8 Å². The molecule has 0 aliphatic rings. The summed E-state index contributed by atoms with van der Waals surface area (Å²) < 4.78 is 38.3. The number of hydrogen-bond donors (Lipinski definition) is 1. The van der Waals surface area contributed by atoms with Crippen molar-refractivity contribution < 1.29 is 23.0 Å². The summed E-state index contributed by atoms with van der Waals surface area (Å²) in [5.41, 5.74) is -3.23. The molecule has 0 heterocycles. The van der Waals surface area contributed by atoms with E-state index in [0.717, 1.165) is 0 Å². The summed E-state index contributed by atoms with van der Waals surface area (Å²) in [7, 11) is 0. The van der Waals surface area contributed by atoms with Crippen molar-refractivity contribution in [2.24, 2.45) is 10.5 Å². The first kappa shape index (κ1) is 19.6. The maximum Gasteiger partial charge on any atom is 0.416 e. The Morgan fingerprint density at radius 3 is 1.83 bits per heavy atom. The van der Waals surface area contributed by atoms with Crippen molar-refractivity contribution in [3.8, 4) is 0 Å². The van der Waals surface area contributed by atoms with Gasteiger partial charge >= 0.3 is 17.6 Å². The quantitative estimate of drug-likeness (QED) is 0.476. The van der Waals surface area contributed by atoms with Crippen LogP contribution in [0.5, 0.6) is 0 Å². The highest BCUT2D eigenvalue weighted by Gasteiger charge is 2.37. The van der Waals surface area contributed by atoms with E-state index >= 15 is 0 Å². The molecular formula is C12H12ClF3N4O4. The summed E-state index contributed by atoms with van der Waals surface area (Å²) in [6.07, 6.45) is -4.99. The average Bonchev–Trinajstić information content (AvgIpc) is 2.41. The Balaban J connectivity index is 3.58. The van der Waals surface area contributed by atoms with Crippen LogP contribution < -0.4 is 5.43 Å². The molecule has 0 atom stereocenters. The summed E-state index contributed by atoms with van der Waals surface area (Å²) in [5.74, 6) is 0. The summed E-state index contributed by atoms with van der Waals surface area (Å²) in [6.45, 7) is 4.95. The lowest BCUT2D eigenvalue weighted by Gasteiger charge is -2.15. The fourth-order valence-corrected chi connectivity index (χ4v) is 1.49. The van der Waals surface area contributed by atoms with E-state index in [-0.39, 0.29) is 17.3 Å². The molecule has 8 nitrogen and oxygen atoms in total. The molecule has 0 spiro atoms. The maximum absolute atomic E-state index is 12.8. The smallest absolute Gasteiger partial charge is 0.265 e. The Bertz CT molecular complexity index is 678. The molecule has 0 bridgehead atoms. The number of hydrogen-bond acceptors (Lipinski definition) is 6. The standard InChI is InChI=1S/C12H12ClF3N4O4/c1-11(2,3)10(13)18-17-9-7(19(21)22)4-6(12(14,15)16)5-8(9)20(23)24/h4-5,17H,1-3H3. The number of hydrazone groups is 1. The zero-order valence-electron chi connectivity index (χ0n) is 12.6. The number of nitrogens with zero attached hydrogens (tertiary/aromatic N) is 3. The second-order valence-corrected chi connectivity index (χ2v) is 6.02. The SMILES string of the molecule is CC(C)(C)C(Cl)=NNc1c([N+](=O)[O-])cc(C(F)(F)F)cc1[N+](=O)[O-]. The number of halogens is 4. The van der Waals surface area contributed by atoms with Gasteiger partial charge in [0.1, 0.15) is 5.17 Å². The Kier molecular flexibility index (Phi) is 5.39. The highest BCUT2D eigenvalue weighted by molar-refractivity contribution is 6.66. The van der Waals surface area contributed by atoms with Gasteiger partial charge < -0.3 is 0 Å². The highest BCUT2D eigenvalue weighted by Crippen LogP contribution is 2.41. The topological polar surface area (TPSA) is 111 Å². The van der Waals surface area contributed by atoms with Crippen LogP contribution in [0.1, 0.15) is 26.3 Å². The summed E-state index contributed by atoms with van der Waals surface area (Å²) in [4.78, 5) is 19.7. The number of alkyl halides is 3. The molecule has 0 radical (unpaired) electrons. The zero-order valence-corrected chi connectivity index (χ0v) is 13.4. The molecule has 1 rings (SSSR count). The third-order valence-corrected chi connectivity index (χ3v) is 3.35. The Morgan fingerprint density at radius 2 is 1.54 bits per heavy atom. The average molecular weight is 369 g/mol. The molecule has 0 aromatic heterocycles. The van der Waals surface area contributed by atoms with E-state index in [1.807, 2.05) is 5.43 Å². The van der Waals surface area contributed by atoms with Crippen molar-refractivity contribution in [1.29, 1.82) is 0 Å². The summed E-state index contributed by atoms with van der Waals surface area (Å²) in [6, 6.07) is 0.381. The molecule has 24 heavy (non-hydrogen) atoms. The van der Waals surface area contributed by atoms with Crippen LogP contribution in [0.15, 0.2) is 17.2 Å². The maximum atomic E-state index is 12.8. The van der Waals surface area contributed by atoms with Crippen LogP contribution in [-0.2, 0) is 6.18 Å². The van der Waals surface area contributed by atoms with Gasteiger partial charge in [-0.15, -0.1) is 0 Å². The molecule has 1 aromatic carbocycles. The van der Waals surface area contributed by atoms with Gasteiger partial charge in [0.05, 0.1) is 15.4 Å². The molecule has 0 amide bonds. The van der Waals surface area contributed by atoms with Gasteiger partial charge in [0, 0.05) is 17.5 Å². The number of benzene rings is 1. The Morgan fingerprint density at radius 1 is 1.12 bits per heavy atom. The molecule has 132 valence electrons. The van der Waals surface area contributed by atoms with Crippen LogP contribution in [0.3, 0.4) is 0 Å². The van der Waals surface area contributed by atoms with E-state index in [2.05, 4.69) is 5.10 Å². The highest BCUT2D eigenvalue weighted by atomic mass is 35.5. The minimum atomic E-state index is -4.99. The number of rotatable bonds is 4. The van der Waals surface area contributed by atoms with Crippen molar-refractivity contribution in [3.63, 3.8) is 0 Å². The molecular weight excluding hydrogens is 357 g/mol. The van der Waals surface area contributed by atoms with Gasteiger partial charge in [-0.1, -0.05) is 32.4 Å². The summed E-state index contributed by atoms with van der Waals surface area (Å²) >= 11 is 5.84. The van der Waals surface area contributed by atoms with Gasteiger partial charge in [0.15, 0.2) is 0 Å². The normalized spacial score (nSPS) is 12.9. The molecule has 0 saturated heterocycles. The Labute approximate surface area is 138 Å². The van der Waals surface area contributed by atoms with Gasteiger partial charge in [-0.05, 0) is 0 Å². The predicted octanol–water partition coefficient (Wildman–Crippen LogP) is 4.53. The second kappa shape index (κ2) is 6.59. The monoisotopic (exact) mass is 368 g/mol. The van der Waals surface area contributed by atoms with Crippen LogP contribution in [-0.4, -0.2) is 15.0 Å². The van der Waals surface area contributed by atoms with Gasteiger partial charge in [0.25, 0.3) is 0 Å². The lowest BCUT2D eigenvalue weighted by Crippen LogP contribution is -2.16. The Hall–Kier alpha value is -2.43. The molecule has 1 N–H and O–H groups in total. The van der Waals surface area contributed by atoms with Gasteiger partial charge in [-0.25, -0.2) is 0 Å². The lowest BCUT2D eigenvalue weighted by molar-refractivity contribution is -0.392. The first-order valence-corrected chi connectivity index (χ1v) is 6.66. The lowest BCUT2D eigenvalue weighted by atomic mass is 9.99. The molecule has 0 fully saturated rings. The molecule has 0 aliphatic heterocycles. The summed E-state index contributed by atoms with van der Waals surface area (Å²) in [5, 5.41) is 25.5. The third-order valence-electron chi connectivity index (χ3n) is 2.70. The van der Waals surface area contributed by atoms with E-state index in [4.69, 9.17) is 11.6 Å². The molecule has 0 unspecified atom stereocenters. The minimum Gasteiger partial charge on any atom is -0.265 e. The van der Waals surface area contributed by atoms with Crippen LogP contribution in [0.25, 0.3) is 0 Å². The fourth-order valence-electron chi connectivity index (χ4n) is 1.45. The number of nitro groups is 2. The van der Waals surface area contributed by atoms with E-state index in [1.165, 1.54) is 0 Å². The van der Waals surface area contributed by atoms with Crippen molar-refractivity contribution in [3.05, 3.63) is 37.9 Å². The largest absolute Gasteiger partial charge is 0.416 e. The number of nitro benzene ring substituents is 2. The molecule has 1 aromatic rings.